The van der Waals surface area contributed by atoms with Crippen LogP contribution in [0.1, 0.15) is 72.4 Å². The van der Waals surface area contributed by atoms with Crippen molar-refractivity contribution in [1.29, 1.82) is 0 Å². The summed E-state index contributed by atoms with van der Waals surface area (Å²) in [5.74, 6) is 4.40. The second kappa shape index (κ2) is 20.9. The predicted octanol–water partition coefficient (Wildman–Crippen LogP) is 6.66. The average Bonchev–Trinajstić information content (AvgIpc) is 3.25. The van der Waals surface area contributed by atoms with Crippen LogP contribution in [-0.2, 0) is 44.9 Å². The van der Waals surface area contributed by atoms with Gasteiger partial charge < -0.3 is 51.6 Å². The molecule has 3 aromatic carbocycles. The maximum atomic E-state index is 12.7. The van der Waals surface area contributed by atoms with Crippen molar-refractivity contribution in [2.24, 2.45) is 0 Å². The molecule has 0 amide bonds. The van der Waals surface area contributed by atoms with E-state index in [1.807, 2.05) is 12.1 Å². The van der Waals surface area contributed by atoms with Gasteiger partial charge in [0.05, 0.1) is 110 Å². The van der Waals surface area contributed by atoms with Crippen LogP contribution in [-0.4, -0.2) is 124 Å². The van der Waals surface area contributed by atoms with Gasteiger partial charge in [-0.25, -0.2) is 0 Å². The Morgan fingerprint density at radius 1 is 0.593 bits per heavy atom. The van der Waals surface area contributed by atoms with Gasteiger partial charge in [0.1, 0.15) is 12.6 Å². The van der Waals surface area contributed by atoms with Crippen molar-refractivity contribution in [2.75, 3.05) is 103 Å². The minimum Gasteiger partial charge on any atom is -0.493 e. The Morgan fingerprint density at radius 2 is 1.20 bits per heavy atom. The van der Waals surface area contributed by atoms with Gasteiger partial charge >= 0.3 is 11.9 Å². The first-order valence-corrected chi connectivity index (χ1v) is 20.7. The van der Waals surface area contributed by atoms with Crippen LogP contribution in [0.15, 0.2) is 36.4 Å². The number of ether oxygens (including phenoxy) is 9. The van der Waals surface area contributed by atoms with Crippen LogP contribution in [0.2, 0.25) is 0 Å². The van der Waals surface area contributed by atoms with Crippen LogP contribution in [0, 0.1) is 0 Å². The number of unbranched alkanes of at least 4 members (excludes halogenated alkanes) is 2. The minimum atomic E-state index is -0.221. The highest BCUT2D eigenvalue weighted by Gasteiger charge is 2.40. The fourth-order valence-corrected chi connectivity index (χ4v) is 8.73. The van der Waals surface area contributed by atoms with Crippen LogP contribution < -0.4 is 33.2 Å². The molecular formula is C46H66N2O11+2. The van der Waals surface area contributed by atoms with Crippen LogP contribution >= 0.6 is 0 Å². The number of benzene rings is 3. The molecule has 0 spiro atoms. The van der Waals surface area contributed by atoms with E-state index in [-0.39, 0.29) is 24.6 Å². The number of esters is 2. The van der Waals surface area contributed by atoms with Crippen molar-refractivity contribution in [3.05, 3.63) is 64.2 Å². The van der Waals surface area contributed by atoms with Gasteiger partial charge in [-0.3, -0.25) is 9.59 Å². The molecule has 5 rings (SSSR count). The average molecular weight is 823 g/mol. The molecule has 2 heterocycles. The number of nitrogens with zero attached hydrogens (tertiary/aromatic N) is 2. The molecule has 0 aliphatic carbocycles. The lowest BCUT2D eigenvalue weighted by molar-refractivity contribution is -0.941. The zero-order valence-corrected chi connectivity index (χ0v) is 36.7. The second-order valence-electron chi connectivity index (χ2n) is 16.1. The van der Waals surface area contributed by atoms with Gasteiger partial charge in [-0.1, -0.05) is 6.07 Å². The summed E-state index contributed by atoms with van der Waals surface area (Å²) in [6.07, 6.45) is 6.05. The van der Waals surface area contributed by atoms with E-state index in [0.717, 1.165) is 91.0 Å². The molecule has 13 heteroatoms. The van der Waals surface area contributed by atoms with Gasteiger partial charge in [0, 0.05) is 42.4 Å². The number of carbonyl (C=O) groups is 2. The van der Waals surface area contributed by atoms with E-state index < -0.39 is 0 Å². The van der Waals surface area contributed by atoms with Crippen molar-refractivity contribution in [2.45, 2.75) is 70.4 Å². The molecule has 0 radical (unpaired) electrons. The number of quaternary nitrogens is 2. The largest absolute Gasteiger partial charge is 0.493 e. The predicted molar refractivity (Wildman–Crippen MR) is 224 cm³/mol. The maximum absolute atomic E-state index is 12.7. The van der Waals surface area contributed by atoms with Crippen LogP contribution in [0.25, 0.3) is 0 Å². The van der Waals surface area contributed by atoms with Crippen molar-refractivity contribution in [3.8, 4) is 40.2 Å². The summed E-state index contributed by atoms with van der Waals surface area (Å²) >= 11 is 0. The summed E-state index contributed by atoms with van der Waals surface area (Å²) in [7, 11) is 16.0. The molecule has 0 fully saturated rings. The zero-order valence-electron chi connectivity index (χ0n) is 36.7. The number of hydrogen-bond donors (Lipinski definition) is 0. The molecule has 59 heavy (non-hydrogen) atoms. The van der Waals surface area contributed by atoms with Crippen LogP contribution in [0.4, 0.5) is 0 Å². The molecule has 0 saturated carbocycles. The first kappa shape index (κ1) is 45.2. The number of rotatable bonds is 22. The van der Waals surface area contributed by atoms with E-state index >= 15 is 0 Å². The normalized spacial score (nSPS) is 19.4. The van der Waals surface area contributed by atoms with Gasteiger partial charge in [0.2, 0.25) is 5.75 Å². The number of hydrogen-bond acceptors (Lipinski definition) is 11. The van der Waals surface area contributed by atoms with E-state index in [1.54, 1.807) is 49.8 Å². The van der Waals surface area contributed by atoms with Crippen LogP contribution in [0.5, 0.6) is 40.2 Å². The Kier molecular flexibility index (Phi) is 16.0. The fraction of sp³-hybridized carbons (Fsp3) is 0.565. The molecule has 3 aromatic rings. The summed E-state index contributed by atoms with van der Waals surface area (Å²) in [4.78, 5) is 25.3. The molecule has 3 atom stereocenters. The Morgan fingerprint density at radius 3 is 1.86 bits per heavy atom. The Hall–Kier alpha value is -4.88. The molecule has 2 aliphatic heterocycles. The number of carbonyl (C=O) groups excluding carboxylic acids is 2. The molecule has 0 saturated heterocycles. The SMILES string of the molecule is COc1ccc(C[C@@H]2c3cc(OC)c(OC)cc3CC[N+]2(C)CCCCOC(=O)CCCCOC(=O)CC[N+]2(C)CCc3c(cc(OC)c(OC)c3OC)C2)cc1OC. The summed E-state index contributed by atoms with van der Waals surface area (Å²) < 4.78 is 52.1. The Balaban J connectivity index is 1.03. The first-order valence-electron chi connectivity index (χ1n) is 20.7. The fourth-order valence-electron chi connectivity index (χ4n) is 8.73. The van der Waals surface area contributed by atoms with Gasteiger partial charge in [-0.05, 0) is 67.1 Å². The lowest BCUT2D eigenvalue weighted by Crippen LogP contribution is -2.52. The van der Waals surface area contributed by atoms with E-state index in [4.69, 9.17) is 42.6 Å². The van der Waals surface area contributed by atoms with Gasteiger partial charge in [-0.15, -0.1) is 0 Å². The third-order valence-corrected chi connectivity index (χ3v) is 12.2. The molecule has 0 bridgehead atoms. The molecule has 2 unspecified atom stereocenters. The molecule has 0 N–H and O–H groups in total. The Bertz CT molecular complexity index is 1900. The standard InChI is InChI=1S/C46H66N2O11/c1-47(21-18-35-34(31-47)29-42(55-7)46(57-9)45(35)56-8)22-19-44(50)59-24-12-10-14-43(49)58-25-13-11-20-48(2)23-17-33-28-40(53-5)41(54-6)30-36(33)37(48)26-32-15-16-38(51-3)39(27-32)52-4/h15-16,27-30,37H,10-14,17-26,31H2,1-9H3/q+2/t37-,47?,48?/m1/s1. The highest BCUT2D eigenvalue weighted by Crippen LogP contribution is 2.45. The molecule has 2 aliphatic rings. The van der Waals surface area contributed by atoms with Crippen LogP contribution in [0.3, 0.4) is 0 Å². The van der Waals surface area contributed by atoms with E-state index in [0.29, 0.717) is 72.1 Å². The second-order valence-corrected chi connectivity index (χ2v) is 16.1. The maximum Gasteiger partial charge on any atom is 0.311 e. The monoisotopic (exact) mass is 822 g/mol. The molecule has 324 valence electrons. The van der Waals surface area contributed by atoms with E-state index in [1.165, 1.54) is 11.1 Å². The van der Waals surface area contributed by atoms with Crippen molar-refractivity contribution in [1.82, 2.24) is 0 Å². The highest BCUT2D eigenvalue weighted by atomic mass is 16.5. The third-order valence-electron chi connectivity index (χ3n) is 12.2. The number of fused-ring (bicyclic) bond motifs is 2. The topological polar surface area (TPSA) is 117 Å². The highest BCUT2D eigenvalue weighted by molar-refractivity contribution is 5.70. The number of likely N-dealkylation sites (N-methyl/N-ethyl adjacent to an activating group) is 2. The summed E-state index contributed by atoms with van der Waals surface area (Å²) in [6, 6.07) is 12.6. The molecule has 13 nitrogen and oxygen atoms in total. The lowest BCUT2D eigenvalue weighted by Gasteiger charge is -2.46. The Labute approximate surface area is 350 Å². The van der Waals surface area contributed by atoms with E-state index in [9.17, 15) is 9.59 Å². The van der Waals surface area contributed by atoms with Gasteiger partial charge in [-0.2, -0.15) is 0 Å². The summed E-state index contributed by atoms with van der Waals surface area (Å²) in [5, 5.41) is 0. The molecule has 0 aromatic heterocycles. The van der Waals surface area contributed by atoms with Crippen molar-refractivity contribution < 1.29 is 61.2 Å². The van der Waals surface area contributed by atoms with Crippen molar-refractivity contribution in [3.63, 3.8) is 0 Å². The summed E-state index contributed by atoms with van der Waals surface area (Å²) in [6.45, 7) is 4.85. The summed E-state index contributed by atoms with van der Waals surface area (Å²) in [5.41, 5.74) is 5.96. The minimum absolute atomic E-state index is 0.166. The van der Waals surface area contributed by atoms with Gasteiger partial charge in [0.15, 0.2) is 34.5 Å². The first-order chi connectivity index (χ1) is 28.4. The number of methoxy groups -OCH3 is 7. The lowest BCUT2D eigenvalue weighted by atomic mass is 9.86. The molecular weight excluding hydrogens is 757 g/mol. The van der Waals surface area contributed by atoms with Gasteiger partial charge in [0.25, 0.3) is 0 Å². The third kappa shape index (κ3) is 11.0. The van der Waals surface area contributed by atoms with Crippen molar-refractivity contribution >= 4 is 11.9 Å². The quantitative estimate of drug-likeness (QED) is 0.0616. The van der Waals surface area contributed by atoms with E-state index in [2.05, 4.69) is 38.4 Å². The smallest absolute Gasteiger partial charge is 0.311 e. The zero-order chi connectivity index (χ0) is 42.6.